The predicted octanol–water partition coefficient (Wildman–Crippen LogP) is 1.58. The number of hydrogen-bond donors (Lipinski definition) is 3. The lowest BCUT2D eigenvalue weighted by atomic mass is 9.96. The van der Waals surface area contributed by atoms with E-state index in [1.165, 1.54) is 0 Å². The van der Waals surface area contributed by atoms with Crippen LogP contribution in [0.2, 0.25) is 0 Å². The number of carbonyl (C=O) groups excluding carboxylic acids is 1. The van der Waals surface area contributed by atoms with Crippen molar-refractivity contribution < 1.29 is 24.5 Å². The number of nitrogens with zero attached hydrogens (tertiary/aromatic N) is 4. The first kappa shape index (κ1) is 22.1. The molecule has 1 aromatic heterocycles. The van der Waals surface area contributed by atoms with Gasteiger partial charge in [-0.3, -0.25) is 9.48 Å². The molecule has 3 N–H and O–H groups in total. The molecule has 0 aliphatic carbocycles. The molecule has 0 unspecified atom stereocenters. The number of aliphatic hydroxyl groups excluding tert-OH is 1. The maximum atomic E-state index is 12.9. The average molecular weight is 463 g/mol. The van der Waals surface area contributed by atoms with Crippen molar-refractivity contribution in [3.05, 3.63) is 58.8 Å². The molecule has 34 heavy (non-hydrogen) atoms. The lowest BCUT2D eigenvalue weighted by molar-refractivity contribution is 0.0522. The monoisotopic (exact) mass is 463 g/mol. The third-order valence-electron chi connectivity index (χ3n) is 5.98. The molecule has 0 radical (unpaired) electrons. The van der Waals surface area contributed by atoms with Gasteiger partial charge in [0.1, 0.15) is 23.3 Å². The van der Waals surface area contributed by atoms with Crippen LogP contribution >= 0.6 is 0 Å². The maximum Gasteiger partial charge on any atom is 0.275 e. The number of phenols is 1. The first-order chi connectivity index (χ1) is 16.5. The van der Waals surface area contributed by atoms with E-state index in [0.29, 0.717) is 49.5 Å². The summed E-state index contributed by atoms with van der Waals surface area (Å²) in [5.74, 6) is -0.0182. The molecule has 10 heteroatoms. The number of aryl methyl sites for hydroxylation is 1. The molecular formula is C24H25N5O5. The molecule has 2 aliphatic rings. The van der Waals surface area contributed by atoms with E-state index in [-0.39, 0.29) is 17.9 Å². The molecule has 2 aromatic carbocycles. The van der Waals surface area contributed by atoms with Crippen LogP contribution in [0, 0.1) is 0 Å². The SMILES string of the molecule is Cn1cc(-c2ccc(Cc3cc(C(=O)N/N=C4\CCOC[C@@H]4O)c(O)c4c3OCC4)cc2)nn1. The fourth-order valence-corrected chi connectivity index (χ4v) is 4.18. The number of fused-ring (bicyclic) bond motifs is 1. The van der Waals surface area contributed by atoms with Gasteiger partial charge in [-0.1, -0.05) is 29.5 Å². The minimum atomic E-state index is -0.850. The molecule has 3 aromatic rings. The summed E-state index contributed by atoms with van der Waals surface area (Å²) in [7, 11) is 1.82. The Balaban J connectivity index is 1.39. The van der Waals surface area contributed by atoms with Crippen molar-refractivity contribution in [2.24, 2.45) is 12.1 Å². The number of aliphatic hydroxyl groups is 1. The molecule has 176 valence electrons. The Hall–Kier alpha value is -3.76. The molecule has 1 saturated heterocycles. The highest BCUT2D eigenvalue weighted by molar-refractivity contribution is 5.99. The summed E-state index contributed by atoms with van der Waals surface area (Å²) >= 11 is 0. The molecule has 3 heterocycles. The van der Waals surface area contributed by atoms with Crippen molar-refractivity contribution in [2.75, 3.05) is 19.8 Å². The van der Waals surface area contributed by atoms with Crippen LogP contribution in [0.15, 0.2) is 41.6 Å². The van der Waals surface area contributed by atoms with Crippen molar-refractivity contribution in [3.63, 3.8) is 0 Å². The zero-order valence-corrected chi connectivity index (χ0v) is 18.7. The van der Waals surface area contributed by atoms with Crippen LogP contribution in [0.4, 0.5) is 0 Å². The molecule has 5 rings (SSSR count). The standard InChI is InChI=1S/C24H25N5O5/c1-29-12-20(26-28-29)15-4-2-14(3-5-15)10-16-11-18(22(31)17-6-9-34-23(16)17)24(32)27-25-19-7-8-33-13-21(19)30/h2-5,11-12,21,30-31H,6-10,13H2,1H3,(H,27,32)/b25-19+/t21-/m0/s1. The molecule has 2 aliphatic heterocycles. The Bertz CT molecular complexity index is 1250. The lowest BCUT2D eigenvalue weighted by Crippen LogP contribution is -2.34. The zero-order chi connectivity index (χ0) is 23.7. The Kier molecular flexibility index (Phi) is 5.99. The van der Waals surface area contributed by atoms with Crippen LogP contribution in [-0.4, -0.2) is 62.8 Å². The second-order valence-corrected chi connectivity index (χ2v) is 8.37. The number of phenolic OH excluding ortho intramolecular Hbond substituents is 1. The summed E-state index contributed by atoms with van der Waals surface area (Å²) in [6.45, 7) is 1.03. The normalized spacial score (nSPS) is 18.5. The van der Waals surface area contributed by atoms with Gasteiger partial charge in [-0.15, -0.1) is 5.10 Å². The third-order valence-corrected chi connectivity index (χ3v) is 5.98. The fraction of sp³-hybridized carbons (Fsp3) is 0.333. The number of benzene rings is 2. The second-order valence-electron chi connectivity index (χ2n) is 8.37. The Morgan fingerprint density at radius 3 is 2.82 bits per heavy atom. The van der Waals surface area contributed by atoms with Gasteiger partial charge in [0.05, 0.1) is 37.3 Å². The van der Waals surface area contributed by atoms with E-state index in [2.05, 4.69) is 20.8 Å². The van der Waals surface area contributed by atoms with Gasteiger partial charge in [-0.2, -0.15) is 5.10 Å². The highest BCUT2D eigenvalue weighted by atomic mass is 16.5. The summed E-state index contributed by atoms with van der Waals surface area (Å²) in [6, 6.07) is 9.59. The topological polar surface area (TPSA) is 131 Å². The van der Waals surface area contributed by atoms with Crippen molar-refractivity contribution in [1.29, 1.82) is 0 Å². The number of carbonyl (C=O) groups is 1. The average Bonchev–Trinajstić information content (AvgIpc) is 3.50. The van der Waals surface area contributed by atoms with Gasteiger partial charge < -0.3 is 19.7 Å². The predicted molar refractivity (Wildman–Crippen MR) is 123 cm³/mol. The van der Waals surface area contributed by atoms with Gasteiger partial charge >= 0.3 is 0 Å². The van der Waals surface area contributed by atoms with Crippen molar-refractivity contribution in [3.8, 4) is 22.8 Å². The largest absolute Gasteiger partial charge is 0.507 e. The zero-order valence-electron chi connectivity index (χ0n) is 18.7. The van der Waals surface area contributed by atoms with E-state index >= 15 is 0 Å². The van der Waals surface area contributed by atoms with E-state index in [1.54, 1.807) is 10.7 Å². The van der Waals surface area contributed by atoms with Gasteiger partial charge in [0.25, 0.3) is 5.91 Å². The number of ether oxygens (including phenoxy) is 2. The number of rotatable bonds is 5. The number of aromatic nitrogens is 3. The maximum absolute atomic E-state index is 12.9. The third kappa shape index (κ3) is 4.37. The van der Waals surface area contributed by atoms with E-state index in [1.807, 2.05) is 37.5 Å². The van der Waals surface area contributed by atoms with Gasteiger partial charge in [-0.05, 0) is 17.2 Å². The van der Waals surface area contributed by atoms with E-state index in [9.17, 15) is 15.0 Å². The van der Waals surface area contributed by atoms with Gasteiger partial charge in [0.15, 0.2) is 0 Å². The Morgan fingerprint density at radius 2 is 2.09 bits per heavy atom. The smallest absolute Gasteiger partial charge is 0.275 e. The highest BCUT2D eigenvalue weighted by Gasteiger charge is 2.26. The second kappa shape index (κ2) is 9.24. The van der Waals surface area contributed by atoms with Crippen molar-refractivity contribution in [2.45, 2.75) is 25.4 Å². The van der Waals surface area contributed by atoms with Crippen LogP contribution in [0.3, 0.4) is 0 Å². The van der Waals surface area contributed by atoms with Crippen molar-refractivity contribution >= 4 is 11.6 Å². The molecule has 0 bridgehead atoms. The Morgan fingerprint density at radius 1 is 1.26 bits per heavy atom. The summed E-state index contributed by atoms with van der Waals surface area (Å²) in [6.07, 6.45) is 2.47. The quantitative estimate of drug-likeness (QED) is 0.490. The minimum Gasteiger partial charge on any atom is -0.507 e. The van der Waals surface area contributed by atoms with E-state index in [0.717, 1.165) is 22.4 Å². The number of aromatic hydroxyl groups is 1. The van der Waals surface area contributed by atoms with Crippen LogP contribution in [-0.2, 0) is 24.6 Å². The number of hydrazone groups is 1. The fourth-order valence-electron chi connectivity index (χ4n) is 4.18. The number of amides is 1. The van der Waals surface area contributed by atoms with Gasteiger partial charge in [0.2, 0.25) is 0 Å². The number of hydrogen-bond acceptors (Lipinski definition) is 8. The molecule has 10 nitrogen and oxygen atoms in total. The molecule has 1 atom stereocenters. The van der Waals surface area contributed by atoms with Crippen LogP contribution in [0.1, 0.15) is 33.5 Å². The van der Waals surface area contributed by atoms with E-state index in [4.69, 9.17) is 9.47 Å². The first-order valence-corrected chi connectivity index (χ1v) is 11.1. The molecular weight excluding hydrogens is 438 g/mol. The van der Waals surface area contributed by atoms with Crippen LogP contribution in [0.25, 0.3) is 11.3 Å². The molecule has 0 saturated carbocycles. The first-order valence-electron chi connectivity index (χ1n) is 11.1. The summed E-state index contributed by atoms with van der Waals surface area (Å²) in [5, 5.41) is 32.9. The summed E-state index contributed by atoms with van der Waals surface area (Å²) < 4.78 is 12.6. The van der Waals surface area contributed by atoms with Gasteiger partial charge in [0, 0.05) is 37.4 Å². The molecule has 0 spiro atoms. The Labute approximate surface area is 195 Å². The molecule has 1 fully saturated rings. The summed E-state index contributed by atoms with van der Waals surface area (Å²) in [4.78, 5) is 12.9. The van der Waals surface area contributed by atoms with Crippen LogP contribution < -0.4 is 10.2 Å². The van der Waals surface area contributed by atoms with Crippen LogP contribution in [0.5, 0.6) is 11.5 Å². The lowest BCUT2D eigenvalue weighted by Gasteiger charge is -2.19. The van der Waals surface area contributed by atoms with E-state index < -0.39 is 12.0 Å². The van der Waals surface area contributed by atoms with Gasteiger partial charge in [-0.25, -0.2) is 5.43 Å². The number of nitrogens with one attached hydrogen (secondary N) is 1. The van der Waals surface area contributed by atoms with Crippen molar-refractivity contribution in [1.82, 2.24) is 20.4 Å². The highest BCUT2D eigenvalue weighted by Crippen LogP contribution is 2.40. The molecule has 1 amide bonds. The summed E-state index contributed by atoms with van der Waals surface area (Å²) in [5.41, 5.74) is 7.24. The minimum absolute atomic E-state index is 0.0977.